The van der Waals surface area contributed by atoms with E-state index >= 15 is 0 Å². The van der Waals surface area contributed by atoms with Gasteiger partial charge < -0.3 is 4.74 Å². The molecule has 3 nitrogen and oxygen atoms in total. The quantitative estimate of drug-likeness (QED) is 0.214. The van der Waals surface area contributed by atoms with E-state index in [0.29, 0.717) is 18.6 Å². The Bertz CT molecular complexity index is 1080. The number of ether oxygens (including phenoxy) is 1. The summed E-state index contributed by atoms with van der Waals surface area (Å²) in [6.07, 6.45) is 16.1. The first-order chi connectivity index (χ1) is 18.7. The Morgan fingerprint density at radius 1 is 0.872 bits per heavy atom. The fourth-order valence-electron chi connectivity index (χ4n) is 6.71. The van der Waals surface area contributed by atoms with Crippen molar-refractivity contribution in [2.24, 2.45) is 0 Å². The summed E-state index contributed by atoms with van der Waals surface area (Å²) in [6, 6.07) is 18.5. The molecule has 39 heavy (non-hydrogen) atoms. The van der Waals surface area contributed by atoms with Gasteiger partial charge in [0.05, 0.1) is 12.7 Å². The highest BCUT2D eigenvalue weighted by Crippen LogP contribution is 2.46. The Kier molecular flexibility index (Phi) is 10.3. The lowest BCUT2D eigenvalue weighted by Crippen LogP contribution is -2.59. The molecule has 2 aromatic rings. The highest BCUT2D eigenvalue weighted by Gasteiger charge is 2.46. The van der Waals surface area contributed by atoms with Gasteiger partial charge in [0, 0.05) is 17.7 Å². The molecule has 1 aliphatic heterocycles. The number of allylic oxidation sites excluding steroid dienone is 2. The third-order valence-corrected chi connectivity index (χ3v) is 8.56. The molecule has 0 spiro atoms. The van der Waals surface area contributed by atoms with Crippen molar-refractivity contribution in [3.05, 3.63) is 77.9 Å². The molecule has 0 saturated carbocycles. The molecule has 0 radical (unpaired) electrons. The average Bonchev–Trinajstić information content (AvgIpc) is 2.93. The SMILES string of the molecule is C/C=C/CON1C(C)(C)CC(c2ccc(-c3ccc(C4=CCC(OCCCCC)CC4)cc3)cc2)CC1(C)C. The van der Waals surface area contributed by atoms with E-state index < -0.39 is 0 Å². The number of piperidine rings is 1. The van der Waals surface area contributed by atoms with Gasteiger partial charge in [0.1, 0.15) is 0 Å². The van der Waals surface area contributed by atoms with E-state index in [1.54, 1.807) is 0 Å². The molecule has 1 saturated heterocycles. The average molecular weight is 530 g/mol. The largest absolute Gasteiger partial charge is 0.378 e. The lowest BCUT2D eigenvalue weighted by Gasteiger charge is -2.54. The molecule has 2 aromatic carbocycles. The summed E-state index contributed by atoms with van der Waals surface area (Å²) in [5.41, 5.74) is 6.77. The van der Waals surface area contributed by atoms with Crippen LogP contribution in [0.5, 0.6) is 0 Å². The minimum Gasteiger partial charge on any atom is -0.378 e. The first-order valence-corrected chi connectivity index (χ1v) is 15.3. The minimum absolute atomic E-state index is 0.0303. The molecule has 0 N–H and O–H groups in total. The lowest BCUT2D eigenvalue weighted by molar-refractivity contribution is -0.277. The zero-order valence-electron chi connectivity index (χ0n) is 25.3. The van der Waals surface area contributed by atoms with E-state index in [4.69, 9.17) is 9.57 Å². The number of unbranched alkanes of at least 4 members (excludes halogenated alkanes) is 2. The smallest absolute Gasteiger partial charge is 0.0867 e. The lowest BCUT2D eigenvalue weighted by atomic mass is 9.72. The molecular weight excluding hydrogens is 478 g/mol. The molecule has 1 fully saturated rings. The van der Waals surface area contributed by atoms with Crippen LogP contribution >= 0.6 is 0 Å². The van der Waals surface area contributed by atoms with Gasteiger partial charge in [-0.3, -0.25) is 4.84 Å². The van der Waals surface area contributed by atoms with E-state index in [1.165, 1.54) is 47.1 Å². The Balaban J connectivity index is 1.37. The van der Waals surface area contributed by atoms with Gasteiger partial charge in [0.15, 0.2) is 0 Å². The summed E-state index contributed by atoms with van der Waals surface area (Å²) in [4.78, 5) is 6.23. The van der Waals surface area contributed by atoms with Crippen LogP contribution in [-0.4, -0.2) is 35.5 Å². The van der Waals surface area contributed by atoms with Crippen molar-refractivity contribution in [2.45, 2.75) is 116 Å². The summed E-state index contributed by atoms with van der Waals surface area (Å²) in [5.74, 6) is 0.519. The van der Waals surface area contributed by atoms with Gasteiger partial charge >= 0.3 is 0 Å². The number of hydroxylamine groups is 2. The van der Waals surface area contributed by atoms with Gasteiger partial charge in [-0.1, -0.05) is 86.5 Å². The van der Waals surface area contributed by atoms with Gasteiger partial charge in [-0.25, -0.2) is 0 Å². The third kappa shape index (κ3) is 7.72. The highest BCUT2D eigenvalue weighted by molar-refractivity contribution is 5.71. The Morgan fingerprint density at radius 3 is 2.05 bits per heavy atom. The van der Waals surface area contributed by atoms with Gasteiger partial charge in [-0.15, -0.1) is 0 Å². The first-order valence-electron chi connectivity index (χ1n) is 15.3. The van der Waals surface area contributed by atoms with Gasteiger partial charge in [-0.2, -0.15) is 5.06 Å². The van der Waals surface area contributed by atoms with Crippen LogP contribution < -0.4 is 0 Å². The summed E-state index contributed by atoms with van der Waals surface area (Å²) in [5, 5.41) is 2.24. The number of nitrogens with zero attached hydrogens (tertiary/aromatic N) is 1. The maximum absolute atomic E-state index is 6.23. The molecule has 1 heterocycles. The van der Waals surface area contributed by atoms with Crippen LogP contribution in [0, 0.1) is 0 Å². The fraction of sp³-hybridized carbons (Fsp3) is 0.556. The topological polar surface area (TPSA) is 21.7 Å². The summed E-state index contributed by atoms with van der Waals surface area (Å²) < 4.78 is 6.09. The Labute approximate surface area is 238 Å². The zero-order valence-corrected chi connectivity index (χ0v) is 25.3. The van der Waals surface area contributed by atoms with Crippen LogP contribution in [0.2, 0.25) is 0 Å². The normalized spacial score (nSPS) is 21.8. The van der Waals surface area contributed by atoms with Crippen LogP contribution in [0.1, 0.15) is 110 Å². The van der Waals surface area contributed by atoms with Crippen LogP contribution in [0.15, 0.2) is 66.8 Å². The molecule has 212 valence electrons. The standard InChI is InChI=1S/C36H51NO2/c1-7-9-11-24-38-34-22-20-31(21-23-34)30-14-12-28(13-15-30)29-16-18-32(19-17-29)33-26-35(3,4)37(36(5,6)27-33)39-25-10-8-2/h8,10,12-20,33-34H,7,9,11,21-27H2,1-6H3/b10-8+. The van der Waals surface area contributed by atoms with Crippen LogP contribution in [0.25, 0.3) is 16.7 Å². The second kappa shape index (κ2) is 13.4. The molecule has 1 aliphatic carbocycles. The molecule has 2 aliphatic rings. The van der Waals surface area contributed by atoms with Crippen molar-refractivity contribution in [1.82, 2.24) is 5.06 Å². The maximum Gasteiger partial charge on any atom is 0.0867 e. The second-order valence-corrected chi connectivity index (χ2v) is 12.8. The predicted octanol–water partition coefficient (Wildman–Crippen LogP) is 9.74. The molecular formula is C36H51NO2. The summed E-state index contributed by atoms with van der Waals surface area (Å²) in [7, 11) is 0. The molecule has 1 atom stereocenters. The molecule has 3 heteroatoms. The van der Waals surface area contributed by atoms with Crippen molar-refractivity contribution in [3.8, 4) is 11.1 Å². The monoisotopic (exact) mass is 529 g/mol. The molecule has 1 unspecified atom stereocenters. The molecule has 0 amide bonds. The van der Waals surface area contributed by atoms with Crippen molar-refractivity contribution >= 4 is 5.57 Å². The van der Waals surface area contributed by atoms with Crippen LogP contribution in [0.4, 0.5) is 0 Å². The van der Waals surface area contributed by atoms with Gasteiger partial charge in [0.25, 0.3) is 0 Å². The summed E-state index contributed by atoms with van der Waals surface area (Å²) in [6.45, 7) is 15.1. The zero-order chi connectivity index (χ0) is 27.9. The third-order valence-electron chi connectivity index (χ3n) is 8.56. The number of rotatable bonds is 11. The second-order valence-electron chi connectivity index (χ2n) is 12.8. The predicted molar refractivity (Wildman–Crippen MR) is 166 cm³/mol. The summed E-state index contributed by atoms with van der Waals surface area (Å²) >= 11 is 0. The highest BCUT2D eigenvalue weighted by atomic mass is 16.7. The van der Waals surface area contributed by atoms with Gasteiger partial charge in [-0.05, 0) is 107 Å². The van der Waals surface area contributed by atoms with Crippen molar-refractivity contribution in [2.75, 3.05) is 13.2 Å². The molecule has 4 rings (SSSR count). The first kappa shape index (κ1) is 29.8. The van der Waals surface area contributed by atoms with Crippen molar-refractivity contribution in [3.63, 3.8) is 0 Å². The fourth-order valence-corrected chi connectivity index (χ4v) is 6.71. The van der Waals surface area contributed by atoms with E-state index in [0.717, 1.165) is 38.7 Å². The Morgan fingerprint density at radius 2 is 1.49 bits per heavy atom. The van der Waals surface area contributed by atoms with E-state index in [-0.39, 0.29) is 11.1 Å². The molecule has 0 bridgehead atoms. The maximum atomic E-state index is 6.23. The number of benzene rings is 2. The number of hydrogen-bond donors (Lipinski definition) is 0. The van der Waals surface area contributed by atoms with Crippen LogP contribution in [0.3, 0.4) is 0 Å². The van der Waals surface area contributed by atoms with Crippen LogP contribution in [-0.2, 0) is 9.57 Å². The Hall–Kier alpha value is -2.20. The van der Waals surface area contributed by atoms with Gasteiger partial charge in [0.2, 0.25) is 0 Å². The van der Waals surface area contributed by atoms with E-state index in [1.807, 2.05) is 6.92 Å². The van der Waals surface area contributed by atoms with E-state index in [2.05, 4.69) is 106 Å². The molecule has 0 aromatic heterocycles. The number of hydrogen-bond acceptors (Lipinski definition) is 3. The van der Waals surface area contributed by atoms with E-state index in [9.17, 15) is 0 Å². The van der Waals surface area contributed by atoms with Crippen molar-refractivity contribution in [1.29, 1.82) is 0 Å². The van der Waals surface area contributed by atoms with Crippen molar-refractivity contribution < 1.29 is 9.57 Å². The minimum atomic E-state index is -0.0303.